The molecule has 4 nitrogen and oxygen atoms in total. The van der Waals surface area contributed by atoms with Crippen LogP contribution < -0.4 is 0 Å². The van der Waals surface area contributed by atoms with E-state index < -0.39 is 0 Å². The number of rotatable bonds is 7. The molecule has 0 aromatic heterocycles. The number of carbonyl (C=O) groups is 2. The van der Waals surface area contributed by atoms with Gasteiger partial charge in [0.2, 0.25) is 0 Å². The molecular weight excluding hydrogens is 596 g/mol. The Hall–Kier alpha value is -0.100. The summed E-state index contributed by atoms with van der Waals surface area (Å²) >= 11 is 8.40. The molecule has 0 bridgehead atoms. The number of hydrogen-bond donors (Lipinski definition) is 0. The molecule has 4 rings (SSSR count). The van der Waals surface area contributed by atoms with Crippen LogP contribution in [-0.2, 0) is 19.1 Å². The van der Waals surface area contributed by atoms with Crippen molar-refractivity contribution in [1.29, 1.82) is 0 Å². The third kappa shape index (κ3) is 5.46. The first kappa shape index (κ1) is 29.9. The van der Waals surface area contributed by atoms with Crippen molar-refractivity contribution < 1.29 is 19.1 Å². The van der Waals surface area contributed by atoms with E-state index >= 15 is 0 Å². The zero-order chi connectivity index (χ0) is 27.3. The third-order valence-electron chi connectivity index (χ3n) is 11.5. The van der Waals surface area contributed by atoms with Crippen LogP contribution in [0.2, 0.25) is 0 Å². The number of alkyl halides is 2. The largest absolute Gasteiger partial charge is 0.462 e. The lowest BCUT2D eigenvalue weighted by molar-refractivity contribution is -0.203. The van der Waals surface area contributed by atoms with Gasteiger partial charge >= 0.3 is 11.9 Å². The smallest absolute Gasteiger partial charge is 0.302 e. The highest BCUT2D eigenvalue weighted by atomic mass is 79.9. The summed E-state index contributed by atoms with van der Waals surface area (Å²) in [7, 11) is 0. The minimum atomic E-state index is -0.252. The average Bonchev–Trinajstić information content (AvgIpc) is 3.15. The van der Waals surface area contributed by atoms with Crippen LogP contribution in [0.3, 0.4) is 0 Å². The number of fused-ring (bicyclic) bond motifs is 5. The summed E-state index contributed by atoms with van der Waals surface area (Å²) < 4.78 is 11.8. The van der Waals surface area contributed by atoms with Crippen molar-refractivity contribution in [1.82, 2.24) is 0 Å². The lowest BCUT2D eigenvalue weighted by Crippen LogP contribution is -2.66. The van der Waals surface area contributed by atoms with E-state index in [9.17, 15) is 9.59 Å². The number of halogens is 2. The lowest BCUT2D eigenvalue weighted by Gasteiger charge is -2.65. The fourth-order valence-corrected chi connectivity index (χ4v) is 12.1. The monoisotopic (exact) mass is 644 g/mol. The average molecular weight is 647 g/mol. The van der Waals surface area contributed by atoms with Crippen molar-refractivity contribution >= 4 is 43.8 Å². The summed E-state index contributed by atoms with van der Waals surface area (Å²) in [6, 6.07) is 0. The Labute approximate surface area is 242 Å². The van der Waals surface area contributed by atoms with Gasteiger partial charge in [0.1, 0.15) is 12.2 Å². The van der Waals surface area contributed by atoms with Gasteiger partial charge in [-0.3, -0.25) is 9.59 Å². The van der Waals surface area contributed by atoms with Gasteiger partial charge in [-0.1, -0.05) is 85.7 Å². The first-order valence-corrected chi connectivity index (χ1v) is 16.8. The molecule has 6 heteroatoms. The molecule has 0 radical (unpaired) electrons. The van der Waals surface area contributed by atoms with Gasteiger partial charge in [0.25, 0.3) is 0 Å². The molecule has 0 N–H and O–H groups in total. The van der Waals surface area contributed by atoms with Crippen LogP contribution in [0.25, 0.3) is 0 Å². The van der Waals surface area contributed by atoms with Gasteiger partial charge in [-0.15, -0.1) is 0 Å². The molecule has 0 amide bonds. The summed E-state index contributed by atoms with van der Waals surface area (Å²) in [5.74, 6) is 3.90. The Morgan fingerprint density at radius 3 is 2.16 bits per heavy atom. The summed E-state index contributed by atoms with van der Waals surface area (Å²) in [6.07, 6.45) is 10.2. The van der Waals surface area contributed by atoms with E-state index in [2.05, 4.69) is 66.5 Å². The SMILES string of the molecule is CC(=O)O[C@@H]1CC2[C@H](Br)[C@@H](Br)[C@H]3[C@@H]4CC[C@H]([C@H](C)CCCC(C)C)[C@@]4(C)CC[C@@H]3[C@@]2(C)[C@@H](OC(C)=O)C1. The van der Waals surface area contributed by atoms with E-state index in [0.29, 0.717) is 34.4 Å². The normalized spacial score (nSPS) is 45.9. The molecule has 4 aliphatic rings. The zero-order valence-electron chi connectivity index (χ0n) is 24.1. The first-order valence-electron chi connectivity index (χ1n) is 14.9. The quantitative estimate of drug-likeness (QED) is 0.206. The predicted octanol–water partition coefficient (Wildman–Crippen LogP) is 8.33. The van der Waals surface area contributed by atoms with E-state index in [1.807, 2.05) is 0 Å². The zero-order valence-corrected chi connectivity index (χ0v) is 27.3. The van der Waals surface area contributed by atoms with Gasteiger partial charge in [-0.2, -0.15) is 0 Å². The molecule has 37 heavy (non-hydrogen) atoms. The van der Waals surface area contributed by atoms with Crippen molar-refractivity contribution in [2.75, 3.05) is 0 Å². The van der Waals surface area contributed by atoms with E-state index in [-0.39, 0.29) is 40.3 Å². The molecular formula is C31H50Br2O4. The topological polar surface area (TPSA) is 52.6 Å². The van der Waals surface area contributed by atoms with Gasteiger partial charge in [-0.25, -0.2) is 0 Å². The van der Waals surface area contributed by atoms with Crippen LogP contribution >= 0.6 is 31.9 Å². The maximum atomic E-state index is 12.3. The van der Waals surface area contributed by atoms with Gasteiger partial charge in [0.05, 0.1) is 0 Å². The van der Waals surface area contributed by atoms with Crippen molar-refractivity contribution in [3.05, 3.63) is 0 Å². The standard InChI is InChI=1S/C31H50Br2O4/c1-17(2)9-8-10-18(3)22-11-12-23-27-24(13-14-30(22,23)6)31(7)25(28(32)29(27)33)15-21(36-19(4)34)16-26(31)37-20(5)35/h17-18,21-29H,8-16H2,1-7H3/t18-,21-,22-,23+,24+,25?,26+,27+,28+,29+,30-,31-/m1/s1. The predicted molar refractivity (Wildman–Crippen MR) is 156 cm³/mol. The molecule has 212 valence electrons. The highest BCUT2D eigenvalue weighted by Gasteiger charge is 2.67. The van der Waals surface area contributed by atoms with Crippen molar-refractivity contribution in [3.63, 3.8) is 0 Å². The second-order valence-corrected chi connectivity index (χ2v) is 16.1. The van der Waals surface area contributed by atoms with Crippen LogP contribution in [0, 0.1) is 52.3 Å². The van der Waals surface area contributed by atoms with Crippen LogP contribution in [0.4, 0.5) is 0 Å². The van der Waals surface area contributed by atoms with E-state index in [4.69, 9.17) is 9.47 Å². The Bertz CT molecular complexity index is 847. The van der Waals surface area contributed by atoms with E-state index in [1.165, 1.54) is 58.8 Å². The molecule has 0 heterocycles. The molecule has 4 aliphatic carbocycles. The maximum Gasteiger partial charge on any atom is 0.302 e. The first-order chi connectivity index (χ1) is 17.3. The second-order valence-electron chi connectivity index (χ2n) is 14.0. The Morgan fingerprint density at radius 2 is 1.54 bits per heavy atom. The maximum absolute atomic E-state index is 12.3. The molecule has 1 unspecified atom stereocenters. The number of ether oxygens (including phenoxy) is 2. The molecule has 0 spiro atoms. The number of carbonyl (C=O) groups excluding carboxylic acids is 2. The van der Waals surface area contributed by atoms with E-state index in [1.54, 1.807) is 0 Å². The van der Waals surface area contributed by atoms with Crippen molar-refractivity contribution in [2.45, 2.75) is 128 Å². The Kier molecular flexibility index (Phi) is 9.21. The number of esters is 2. The van der Waals surface area contributed by atoms with Crippen molar-refractivity contribution in [2.24, 2.45) is 52.3 Å². The minimum Gasteiger partial charge on any atom is -0.462 e. The summed E-state index contributed by atoms with van der Waals surface area (Å²) in [5.41, 5.74) is 0.250. The molecule has 4 saturated carbocycles. The van der Waals surface area contributed by atoms with Gasteiger partial charge < -0.3 is 9.47 Å². The molecule has 0 aromatic rings. The molecule has 0 aromatic carbocycles. The summed E-state index contributed by atoms with van der Waals surface area (Å²) in [5, 5.41) is 0. The van der Waals surface area contributed by atoms with Gasteiger partial charge in [-0.05, 0) is 78.9 Å². The molecule has 12 atom stereocenters. The van der Waals surface area contributed by atoms with Crippen LogP contribution in [0.5, 0.6) is 0 Å². The molecule has 0 aliphatic heterocycles. The van der Waals surface area contributed by atoms with Crippen LogP contribution in [-0.4, -0.2) is 33.8 Å². The Balaban J connectivity index is 1.62. The highest BCUT2D eigenvalue weighted by Crippen LogP contribution is 2.70. The highest BCUT2D eigenvalue weighted by molar-refractivity contribution is 9.12. The van der Waals surface area contributed by atoms with E-state index in [0.717, 1.165) is 24.2 Å². The fourth-order valence-electron chi connectivity index (χ4n) is 9.88. The third-order valence-corrected chi connectivity index (χ3v) is 14.6. The van der Waals surface area contributed by atoms with Crippen molar-refractivity contribution in [3.8, 4) is 0 Å². The fraction of sp³-hybridized carbons (Fsp3) is 0.935. The van der Waals surface area contributed by atoms with Crippen LogP contribution in [0.15, 0.2) is 0 Å². The summed E-state index contributed by atoms with van der Waals surface area (Å²) in [6.45, 7) is 15.2. The number of hydrogen-bond acceptors (Lipinski definition) is 4. The lowest BCUT2D eigenvalue weighted by atomic mass is 9.43. The minimum absolute atomic E-state index is 0.131. The van der Waals surface area contributed by atoms with Gasteiger partial charge in [0.15, 0.2) is 0 Å². The Morgan fingerprint density at radius 1 is 0.865 bits per heavy atom. The van der Waals surface area contributed by atoms with Crippen LogP contribution in [0.1, 0.15) is 106 Å². The van der Waals surface area contributed by atoms with Gasteiger partial charge in [0, 0.05) is 35.3 Å². The molecule has 0 saturated heterocycles. The second kappa shape index (κ2) is 11.4. The summed E-state index contributed by atoms with van der Waals surface area (Å²) in [4.78, 5) is 24.8. The molecule has 4 fully saturated rings.